The zero-order valence-corrected chi connectivity index (χ0v) is 17.8. The first-order chi connectivity index (χ1) is 14.6. The number of rotatable bonds is 9. The van der Waals surface area contributed by atoms with Crippen LogP contribution in [0.4, 0.5) is 0 Å². The van der Waals surface area contributed by atoms with Crippen molar-refractivity contribution in [1.82, 2.24) is 14.8 Å². The summed E-state index contributed by atoms with van der Waals surface area (Å²) in [5, 5.41) is 0. The molecule has 2 amide bonds. The molecule has 0 unspecified atom stereocenters. The van der Waals surface area contributed by atoms with Gasteiger partial charge in [-0.15, -0.1) is 0 Å². The van der Waals surface area contributed by atoms with Crippen molar-refractivity contribution in [1.29, 1.82) is 0 Å². The Morgan fingerprint density at radius 1 is 0.933 bits per heavy atom. The third-order valence-electron chi connectivity index (χ3n) is 5.50. The molecule has 0 fully saturated rings. The van der Waals surface area contributed by atoms with E-state index in [2.05, 4.69) is 22.9 Å². The first kappa shape index (κ1) is 20.5. The van der Waals surface area contributed by atoms with Gasteiger partial charge in [-0.3, -0.25) is 19.3 Å². The third-order valence-corrected chi connectivity index (χ3v) is 6.47. The molecule has 0 radical (unpaired) electrons. The second-order valence-corrected chi connectivity index (χ2v) is 8.54. The molecule has 0 atom stereocenters. The molecule has 1 aliphatic rings. The molecule has 4 rings (SSSR count). The summed E-state index contributed by atoms with van der Waals surface area (Å²) in [6, 6.07) is 13.0. The van der Waals surface area contributed by atoms with Crippen molar-refractivity contribution >= 4 is 33.4 Å². The zero-order chi connectivity index (χ0) is 21.1. The number of H-pyrrole nitrogens is 1. The summed E-state index contributed by atoms with van der Waals surface area (Å²) in [6.45, 7) is 5.24. The Labute approximate surface area is 179 Å². The average Bonchev–Trinajstić information content (AvgIpc) is 3.24. The highest BCUT2D eigenvalue weighted by molar-refractivity contribution is 7.16. The van der Waals surface area contributed by atoms with E-state index in [0.717, 1.165) is 49.1 Å². The Morgan fingerprint density at radius 2 is 1.67 bits per heavy atom. The van der Waals surface area contributed by atoms with E-state index in [4.69, 9.17) is 0 Å². The Hall–Kier alpha value is -2.77. The van der Waals surface area contributed by atoms with Crippen LogP contribution in [0.3, 0.4) is 0 Å². The number of carbonyl (C=O) groups excluding carboxylic acids is 2. The van der Waals surface area contributed by atoms with Crippen LogP contribution in [0.25, 0.3) is 10.2 Å². The van der Waals surface area contributed by atoms with Crippen LogP contribution < -0.4 is 4.87 Å². The van der Waals surface area contributed by atoms with Gasteiger partial charge in [-0.2, -0.15) is 0 Å². The molecule has 7 heteroatoms. The van der Waals surface area contributed by atoms with E-state index >= 15 is 0 Å². The minimum atomic E-state index is -0.188. The van der Waals surface area contributed by atoms with Gasteiger partial charge in [0.05, 0.1) is 21.3 Å². The number of imide groups is 1. The maximum absolute atomic E-state index is 12.5. The fraction of sp³-hybridized carbons (Fsp3) is 0.348. The molecular weight excluding hydrogens is 398 g/mol. The second kappa shape index (κ2) is 8.93. The highest BCUT2D eigenvalue weighted by Crippen LogP contribution is 2.23. The lowest BCUT2D eigenvalue weighted by atomic mass is 10.1. The van der Waals surface area contributed by atoms with Crippen LogP contribution in [-0.2, 0) is 6.42 Å². The molecule has 0 saturated carbocycles. The largest absolute Gasteiger partial charge is 0.312 e. The summed E-state index contributed by atoms with van der Waals surface area (Å²) in [6.07, 6.45) is 2.64. The molecule has 0 bridgehead atoms. The molecule has 0 spiro atoms. The standard InChI is InChI=1S/C23H25N3O3S/c1-2-12-25(15-11-16-7-5-10-19-20(16)30-23(29)24-19)13-6-14-26-21(27)17-8-3-4-9-18(17)22(26)28/h3-5,7-10H,2,6,11-15H2,1H3,(H,24,29). The monoisotopic (exact) mass is 423 g/mol. The minimum absolute atomic E-state index is 0.0243. The maximum atomic E-state index is 12.5. The van der Waals surface area contributed by atoms with Gasteiger partial charge in [0.2, 0.25) is 0 Å². The van der Waals surface area contributed by atoms with Crippen molar-refractivity contribution in [3.05, 3.63) is 68.8 Å². The van der Waals surface area contributed by atoms with Crippen LogP contribution in [0.2, 0.25) is 0 Å². The van der Waals surface area contributed by atoms with Gasteiger partial charge in [-0.25, -0.2) is 0 Å². The number of carbonyl (C=O) groups is 2. The highest BCUT2D eigenvalue weighted by atomic mass is 32.1. The van der Waals surface area contributed by atoms with Gasteiger partial charge in [-0.1, -0.05) is 42.5 Å². The van der Waals surface area contributed by atoms with Gasteiger partial charge < -0.3 is 9.88 Å². The number of nitrogens with one attached hydrogen (secondary N) is 1. The Bertz CT molecular complexity index is 1100. The van der Waals surface area contributed by atoms with Crippen LogP contribution in [0.15, 0.2) is 47.3 Å². The van der Waals surface area contributed by atoms with Crippen LogP contribution in [-0.4, -0.2) is 52.8 Å². The highest BCUT2D eigenvalue weighted by Gasteiger charge is 2.34. The first-order valence-electron chi connectivity index (χ1n) is 10.4. The van der Waals surface area contributed by atoms with Crippen molar-refractivity contribution in [2.75, 3.05) is 26.2 Å². The topological polar surface area (TPSA) is 73.5 Å². The van der Waals surface area contributed by atoms with Crippen molar-refractivity contribution in [3.8, 4) is 0 Å². The number of thiazole rings is 1. The predicted octanol–water partition coefficient (Wildman–Crippen LogP) is 3.53. The number of nitrogens with zero attached hydrogens (tertiary/aromatic N) is 2. The van der Waals surface area contributed by atoms with Gasteiger partial charge in [0.25, 0.3) is 11.8 Å². The van der Waals surface area contributed by atoms with Crippen LogP contribution in [0, 0.1) is 0 Å². The Balaban J connectivity index is 1.35. The number of amides is 2. The Kier molecular flexibility index (Phi) is 6.11. The van der Waals surface area contributed by atoms with Gasteiger partial charge in [-0.05, 0) is 56.1 Å². The lowest BCUT2D eigenvalue weighted by Crippen LogP contribution is -2.34. The van der Waals surface area contributed by atoms with Crippen LogP contribution in [0.1, 0.15) is 46.0 Å². The van der Waals surface area contributed by atoms with E-state index < -0.39 is 0 Å². The SMILES string of the molecule is CCCN(CCCN1C(=O)c2ccccc2C1=O)CCc1cccc2[nH]c(=O)sc12. The Morgan fingerprint density at radius 3 is 2.37 bits per heavy atom. The van der Waals surface area contributed by atoms with Gasteiger partial charge in [0, 0.05) is 13.1 Å². The number of aromatic amines is 1. The molecule has 2 heterocycles. The average molecular weight is 424 g/mol. The normalized spacial score (nSPS) is 13.6. The smallest absolute Gasteiger partial charge is 0.305 e. The van der Waals surface area contributed by atoms with Crippen molar-refractivity contribution in [3.63, 3.8) is 0 Å². The number of fused-ring (bicyclic) bond motifs is 2. The maximum Gasteiger partial charge on any atom is 0.305 e. The molecule has 0 saturated heterocycles. The molecule has 156 valence electrons. The molecule has 6 nitrogen and oxygen atoms in total. The fourth-order valence-corrected chi connectivity index (χ4v) is 4.93. The number of aromatic nitrogens is 1. The lowest BCUT2D eigenvalue weighted by molar-refractivity contribution is 0.0647. The van der Waals surface area contributed by atoms with Gasteiger partial charge >= 0.3 is 4.87 Å². The number of hydrogen-bond donors (Lipinski definition) is 1. The van der Waals surface area contributed by atoms with Crippen molar-refractivity contribution in [2.45, 2.75) is 26.2 Å². The summed E-state index contributed by atoms with van der Waals surface area (Å²) >= 11 is 1.26. The van der Waals surface area contributed by atoms with E-state index in [1.54, 1.807) is 24.3 Å². The molecular formula is C23H25N3O3S. The van der Waals surface area contributed by atoms with Crippen molar-refractivity contribution < 1.29 is 9.59 Å². The molecule has 0 aliphatic carbocycles. The molecule has 3 aromatic rings. The zero-order valence-electron chi connectivity index (χ0n) is 17.0. The molecule has 2 aromatic carbocycles. The second-order valence-electron chi connectivity index (χ2n) is 7.56. The molecule has 1 aromatic heterocycles. The summed E-state index contributed by atoms with van der Waals surface area (Å²) < 4.78 is 1.03. The van der Waals surface area contributed by atoms with Gasteiger partial charge in [0.15, 0.2) is 0 Å². The van der Waals surface area contributed by atoms with E-state index in [1.807, 2.05) is 12.1 Å². The molecule has 30 heavy (non-hydrogen) atoms. The minimum Gasteiger partial charge on any atom is -0.312 e. The summed E-state index contributed by atoms with van der Waals surface area (Å²) in [4.78, 5) is 43.3. The van der Waals surface area contributed by atoms with E-state index in [1.165, 1.54) is 21.8 Å². The van der Waals surface area contributed by atoms with Crippen LogP contribution in [0.5, 0.6) is 0 Å². The van der Waals surface area contributed by atoms with E-state index in [0.29, 0.717) is 17.7 Å². The van der Waals surface area contributed by atoms with Crippen molar-refractivity contribution in [2.24, 2.45) is 0 Å². The van der Waals surface area contributed by atoms with E-state index in [9.17, 15) is 14.4 Å². The summed E-state index contributed by atoms with van der Waals surface area (Å²) in [7, 11) is 0. The van der Waals surface area contributed by atoms with E-state index in [-0.39, 0.29) is 16.7 Å². The number of benzene rings is 2. The van der Waals surface area contributed by atoms with Gasteiger partial charge in [0.1, 0.15) is 0 Å². The fourth-order valence-electron chi connectivity index (χ4n) is 4.05. The quantitative estimate of drug-likeness (QED) is 0.535. The first-order valence-corrected chi connectivity index (χ1v) is 11.2. The summed E-state index contributed by atoms with van der Waals surface area (Å²) in [5.41, 5.74) is 3.09. The molecule has 1 N–H and O–H groups in total. The predicted molar refractivity (Wildman–Crippen MR) is 119 cm³/mol. The molecule has 1 aliphatic heterocycles. The third kappa shape index (κ3) is 4.08. The van der Waals surface area contributed by atoms with Crippen LogP contribution >= 0.6 is 11.3 Å². The summed E-state index contributed by atoms with van der Waals surface area (Å²) in [5.74, 6) is -0.377. The lowest BCUT2D eigenvalue weighted by Gasteiger charge is -2.23. The number of hydrogen-bond acceptors (Lipinski definition) is 5.